The third-order valence-corrected chi connectivity index (χ3v) is 2.51. The molecule has 1 N–H and O–H groups in total. The maximum atomic E-state index is 3.80. The van der Waals surface area contributed by atoms with Crippen LogP contribution < -0.4 is 5.32 Å². The summed E-state index contributed by atoms with van der Waals surface area (Å²) in [4.78, 5) is 0. The summed E-state index contributed by atoms with van der Waals surface area (Å²) in [6.45, 7) is 10.7. The normalized spacial score (nSPS) is 32.3. The fourth-order valence-electron chi connectivity index (χ4n) is 1.64. The number of rotatable bonds is 1. The molecule has 1 aliphatic rings. The molecular weight excluding hydrogens is 134 g/mol. The summed E-state index contributed by atoms with van der Waals surface area (Å²) in [7, 11) is 0. The second kappa shape index (κ2) is 2.98. The van der Waals surface area contributed by atoms with Crippen LogP contribution in [-0.2, 0) is 0 Å². The molecule has 0 aliphatic carbocycles. The van der Waals surface area contributed by atoms with E-state index in [0.717, 1.165) is 0 Å². The Hall–Kier alpha value is -0.300. The van der Waals surface area contributed by atoms with Crippen molar-refractivity contribution in [1.82, 2.24) is 5.32 Å². The van der Waals surface area contributed by atoms with Gasteiger partial charge in [0.1, 0.15) is 0 Å². The standard InChI is InChI=1S/C10H19N/c1-5-8-6-7-9(11-8)10(2,3)4/h5,8-9,11H,1,6-7H2,2-4H3/t8-,9-/m0/s1. The van der Waals surface area contributed by atoms with Gasteiger partial charge in [-0.1, -0.05) is 26.8 Å². The van der Waals surface area contributed by atoms with Gasteiger partial charge in [0.05, 0.1) is 0 Å². The van der Waals surface area contributed by atoms with Crippen LogP contribution in [0, 0.1) is 5.41 Å². The summed E-state index contributed by atoms with van der Waals surface area (Å²) in [5, 5.41) is 3.56. The average molecular weight is 153 g/mol. The Morgan fingerprint density at radius 2 is 2.00 bits per heavy atom. The van der Waals surface area contributed by atoms with Crippen molar-refractivity contribution in [2.24, 2.45) is 5.41 Å². The SMILES string of the molecule is C=C[C@H]1CC[C@@H](C(C)(C)C)N1. The van der Waals surface area contributed by atoms with Crippen LogP contribution in [0.25, 0.3) is 0 Å². The van der Waals surface area contributed by atoms with Crippen LogP contribution in [-0.4, -0.2) is 12.1 Å². The Balaban J connectivity index is 2.48. The highest BCUT2D eigenvalue weighted by molar-refractivity contribution is 4.97. The molecule has 0 spiro atoms. The van der Waals surface area contributed by atoms with Gasteiger partial charge < -0.3 is 5.32 Å². The van der Waals surface area contributed by atoms with Crippen LogP contribution in [0.1, 0.15) is 33.6 Å². The Morgan fingerprint density at radius 1 is 1.36 bits per heavy atom. The van der Waals surface area contributed by atoms with Gasteiger partial charge in [0.2, 0.25) is 0 Å². The highest BCUT2D eigenvalue weighted by atomic mass is 15.0. The lowest BCUT2D eigenvalue weighted by Crippen LogP contribution is -2.37. The van der Waals surface area contributed by atoms with E-state index >= 15 is 0 Å². The minimum absolute atomic E-state index is 0.401. The van der Waals surface area contributed by atoms with Crippen molar-refractivity contribution >= 4 is 0 Å². The molecule has 0 radical (unpaired) electrons. The summed E-state index contributed by atoms with van der Waals surface area (Å²) in [5.74, 6) is 0. The molecule has 1 saturated heterocycles. The Bertz CT molecular complexity index is 143. The molecule has 0 saturated carbocycles. The molecule has 1 heterocycles. The van der Waals surface area contributed by atoms with Gasteiger partial charge in [0, 0.05) is 12.1 Å². The van der Waals surface area contributed by atoms with Crippen molar-refractivity contribution in [2.45, 2.75) is 45.7 Å². The van der Waals surface area contributed by atoms with Gasteiger partial charge in [-0.05, 0) is 18.3 Å². The van der Waals surface area contributed by atoms with Gasteiger partial charge in [-0.25, -0.2) is 0 Å². The van der Waals surface area contributed by atoms with E-state index in [2.05, 4.69) is 32.7 Å². The van der Waals surface area contributed by atoms with Crippen molar-refractivity contribution in [3.05, 3.63) is 12.7 Å². The van der Waals surface area contributed by atoms with Crippen LogP contribution in [0.4, 0.5) is 0 Å². The molecule has 0 aromatic rings. The molecule has 1 nitrogen and oxygen atoms in total. The molecule has 0 aromatic heterocycles. The third-order valence-electron chi connectivity index (χ3n) is 2.51. The average Bonchev–Trinajstić information content (AvgIpc) is 2.32. The Labute approximate surface area is 69.9 Å². The molecular formula is C10H19N. The van der Waals surface area contributed by atoms with Crippen LogP contribution in [0.3, 0.4) is 0 Å². The maximum Gasteiger partial charge on any atom is 0.0250 e. The van der Waals surface area contributed by atoms with Gasteiger partial charge in [-0.15, -0.1) is 6.58 Å². The number of hydrogen-bond donors (Lipinski definition) is 1. The smallest absolute Gasteiger partial charge is 0.0250 e. The Kier molecular flexibility index (Phi) is 2.38. The van der Waals surface area contributed by atoms with Crippen LogP contribution in [0.5, 0.6) is 0 Å². The molecule has 1 rings (SSSR count). The number of nitrogens with one attached hydrogen (secondary N) is 1. The van der Waals surface area contributed by atoms with Crippen LogP contribution in [0.2, 0.25) is 0 Å². The topological polar surface area (TPSA) is 12.0 Å². The fraction of sp³-hybridized carbons (Fsp3) is 0.800. The minimum atomic E-state index is 0.401. The van der Waals surface area contributed by atoms with Gasteiger partial charge in [-0.2, -0.15) is 0 Å². The molecule has 1 fully saturated rings. The summed E-state index contributed by atoms with van der Waals surface area (Å²) in [6.07, 6.45) is 4.57. The van der Waals surface area contributed by atoms with E-state index in [1.807, 2.05) is 6.08 Å². The van der Waals surface area contributed by atoms with Crippen molar-refractivity contribution in [3.8, 4) is 0 Å². The van der Waals surface area contributed by atoms with Gasteiger partial charge in [0.25, 0.3) is 0 Å². The van der Waals surface area contributed by atoms with E-state index in [0.29, 0.717) is 17.5 Å². The highest BCUT2D eigenvalue weighted by Gasteiger charge is 2.30. The second-order valence-electron chi connectivity index (χ2n) is 4.50. The lowest BCUT2D eigenvalue weighted by Gasteiger charge is -2.27. The van der Waals surface area contributed by atoms with Gasteiger partial charge in [-0.3, -0.25) is 0 Å². The van der Waals surface area contributed by atoms with Gasteiger partial charge in [0.15, 0.2) is 0 Å². The first-order valence-corrected chi connectivity index (χ1v) is 4.42. The molecule has 0 amide bonds. The van der Waals surface area contributed by atoms with Crippen LogP contribution in [0.15, 0.2) is 12.7 Å². The largest absolute Gasteiger partial charge is 0.307 e. The summed E-state index contributed by atoms with van der Waals surface area (Å²) in [6, 6.07) is 1.23. The van der Waals surface area contributed by atoms with Crippen molar-refractivity contribution in [3.63, 3.8) is 0 Å². The summed E-state index contributed by atoms with van der Waals surface area (Å²) in [5.41, 5.74) is 0.401. The Morgan fingerprint density at radius 3 is 2.27 bits per heavy atom. The number of hydrogen-bond acceptors (Lipinski definition) is 1. The van der Waals surface area contributed by atoms with Gasteiger partial charge >= 0.3 is 0 Å². The zero-order valence-corrected chi connectivity index (χ0v) is 7.85. The third kappa shape index (κ3) is 2.06. The van der Waals surface area contributed by atoms with E-state index in [9.17, 15) is 0 Å². The predicted octanol–water partition coefficient (Wildman–Crippen LogP) is 2.34. The molecule has 0 bridgehead atoms. The second-order valence-corrected chi connectivity index (χ2v) is 4.50. The lowest BCUT2D eigenvalue weighted by atomic mass is 9.86. The first-order chi connectivity index (χ1) is 5.04. The molecule has 0 aromatic carbocycles. The zero-order chi connectivity index (χ0) is 8.48. The molecule has 2 atom stereocenters. The van der Waals surface area contributed by atoms with E-state index in [1.54, 1.807) is 0 Å². The van der Waals surface area contributed by atoms with Crippen LogP contribution >= 0.6 is 0 Å². The highest BCUT2D eigenvalue weighted by Crippen LogP contribution is 2.28. The predicted molar refractivity (Wildman–Crippen MR) is 49.6 cm³/mol. The lowest BCUT2D eigenvalue weighted by molar-refractivity contribution is 0.291. The molecule has 11 heavy (non-hydrogen) atoms. The first-order valence-electron chi connectivity index (χ1n) is 4.42. The quantitative estimate of drug-likeness (QED) is 0.570. The zero-order valence-electron chi connectivity index (χ0n) is 7.85. The molecule has 1 aliphatic heterocycles. The summed E-state index contributed by atoms with van der Waals surface area (Å²) < 4.78 is 0. The first kappa shape index (κ1) is 8.79. The van der Waals surface area contributed by atoms with E-state index in [1.165, 1.54) is 12.8 Å². The van der Waals surface area contributed by atoms with E-state index < -0.39 is 0 Å². The monoisotopic (exact) mass is 153 g/mol. The van der Waals surface area contributed by atoms with E-state index in [-0.39, 0.29) is 0 Å². The molecule has 0 unspecified atom stereocenters. The fourth-order valence-corrected chi connectivity index (χ4v) is 1.64. The van der Waals surface area contributed by atoms with Crippen molar-refractivity contribution < 1.29 is 0 Å². The molecule has 1 heteroatoms. The maximum absolute atomic E-state index is 3.80. The summed E-state index contributed by atoms with van der Waals surface area (Å²) >= 11 is 0. The minimum Gasteiger partial charge on any atom is -0.307 e. The molecule has 64 valence electrons. The van der Waals surface area contributed by atoms with E-state index in [4.69, 9.17) is 0 Å². The van der Waals surface area contributed by atoms with Crippen molar-refractivity contribution in [1.29, 1.82) is 0 Å². The van der Waals surface area contributed by atoms with Crippen molar-refractivity contribution in [2.75, 3.05) is 0 Å².